The van der Waals surface area contributed by atoms with Crippen LogP contribution >= 0.6 is 31.9 Å². The van der Waals surface area contributed by atoms with Crippen LogP contribution in [0.1, 0.15) is 11.1 Å². The molecule has 0 unspecified atom stereocenters. The second-order valence-corrected chi connectivity index (χ2v) is 5.83. The number of halogens is 2. The van der Waals surface area contributed by atoms with Crippen molar-refractivity contribution in [2.45, 2.75) is 13.5 Å². The van der Waals surface area contributed by atoms with Gasteiger partial charge in [-0.25, -0.2) is 0 Å². The van der Waals surface area contributed by atoms with Crippen LogP contribution < -0.4 is 5.32 Å². The highest BCUT2D eigenvalue weighted by Crippen LogP contribution is 2.20. The Balaban J connectivity index is 2.07. The first-order chi connectivity index (χ1) is 8.13. The molecule has 0 atom stereocenters. The first kappa shape index (κ1) is 12.7. The van der Waals surface area contributed by atoms with Crippen molar-refractivity contribution in [2.75, 3.05) is 5.32 Å². The van der Waals surface area contributed by atoms with E-state index in [0.717, 1.165) is 21.2 Å². The number of hydrogen-bond acceptors (Lipinski definition) is 1. The molecule has 0 saturated carbocycles. The Morgan fingerprint density at radius 2 is 1.82 bits per heavy atom. The quantitative estimate of drug-likeness (QED) is 0.805. The topological polar surface area (TPSA) is 12.0 Å². The number of anilines is 1. The van der Waals surface area contributed by atoms with Crippen molar-refractivity contribution >= 4 is 37.5 Å². The van der Waals surface area contributed by atoms with Gasteiger partial charge < -0.3 is 5.32 Å². The van der Waals surface area contributed by atoms with Gasteiger partial charge in [-0.15, -0.1) is 0 Å². The molecular formula is C14H13Br2N. The van der Waals surface area contributed by atoms with Gasteiger partial charge in [-0.1, -0.05) is 44.0 Å². The molecule has 1 N–H and O–H groups in total. The van der Waals surface area contributed by atoms with Gasteiger partial charge in [-0.3, -0.25) is 0 Å². The van der Waals surface area contributed by atoms with E-state index in [-0.39, 0.29) is 0 Å². The first-order valence-electron chi connectivity index (χ1n) is 5.39. The molecule has 0 radical (unpaired) electrons. The van der Waals surface area contributed by atoms with E-state index in [1.165, 1.54) is 11.1 Å². The maximum atomic E-state index is 3.50. The molecule has 0 saturated heterocycles. The lowest BCUT2D eigenvalue weighted by Crippen LogP contribution is -1.99. The van der Waals surface area contributed by atoms with Crippen molar-refractivity contribution in [3.8, 4) is 0 Å². The Hall–Kier alpha value is -0.800. The number of hydrogen-bond donors (Lipinski definition) is 1. The third-order valence-corrected chi connectivity index (χ3v) is 3.38. The Kier molecular flexibility index (Phi) is 4.24. The van der Waals surface area contributed by atoms with Crippen molar-refractivity contribution in [1.29, 1.82) is 0 Å². The van der Waals surface area contributed by atoms with Crippen LogP contribution in [0, 0.1) is 6.92 Å². The molecule has 0 aromatic heterocycles. The maximum absolute atomic E-state index is 3.50. The summed E-state index contributed by atoms with van der Waals surface area (Å²) in [5, 5.41) is 3.42. The second-order valence-electron chi connectivity index (χ2n) is 4.00. The van der Waals surface area contributed by atoms with Crippen molar-refractivity contribution in [3.63, 3.8) is 0 Å². The van der Waals surface area contributed by atoms with Crippen LogP contribution in [0.3, 0.4) is 0 Å². The molecule has 0 heterocycles. The van der Waals surface area contributed by atoms with Crippen LogP contribution in [-0.2, 0) is 6.54 Å². The summed E-state index contributed by atoms with van der Waals surface area (Å²) in [6.45, 7) is 2.92. The van der Waals surface area contributed by atoms with Gasteiger partial charge in [0.25, 0.3) is 0 Å². The van der Waals surface area contributed by atoms with E-state index in [2.05, 4.69) is 74.4 Å². The standard InChI is InChI=1S/C14H13Br2N/c1-10-5-13(16)8-14(6-10)17-9-11-3-2-4-12(15)7-11/h2-8,17H,9H2,1H3. The minimum Gasteiger partial charge on any atom is -0.381 e. The fourth-order valence-corrected chi connectivity index (χ4v) is 2.74. The molecule has 3 heteroatoms. The van der Waals surface area contributed by atoms with Crippen LogP contribution in [0.15, 0.2) is 51.4 Å². The van der Waals surface area contributed by atoms with Gasteiger partial charge >= 0.3 is 0 Å². The Morgan fingerprint density at radius 1 is 1.00 bits per heavy atom. The Labute approximate surface area is 119 Å². The number of aryl methyl sites for hydroxylation is 1. The largest absolute Gasteiger partial charge is 0.381 e. The molecule has 0 aliphatic carbocycles. The lowest BCUT2D eigenvalue weighted by atomic mass is 10.2. The molecule has 17 heavy (non-hydrogen) atoms. The lowest BCUT2D eigenvalue weighted by molar-refractivity contribution is 1.14. The Bertz CT molecular complexity index is 503. The molecule has 1 nitrogen and oxygen atoms in total. The van der Waals surface area contributed by atoms with Crippen LogP contribution in [0.5, 0.6) is 0 Å². The van der Waals surface area contributed by atoms with Crippen molar-refractivity contribution < 1.29 is 0 Å². The fourth-order valence-electron chi connectivity index (χ4n) is 1.69. The van der Waals surface area contributed by atoms with E-state index in [0.29, 0.717) is 0 Å². The van der Waals surface area contributed by atoms with Crippen LogP contribution in [-0.4, -0.2) is 0 Å². The number of nitrogens with one attached hydrogen (secondary N) is 1. The highest BCUT2D eigenvalue weighted by molar-refractivity contribution is 9.10. The summed E-state index contributed by atoms with van der Waals surface area (Å²) >= 11 is 6.98. The van der Waals surface area contributed by atoms with Crippen molar-refractivity contribution in [1.82, 2.24) is 0 Å². The minimum atomic E-state index is 0.829. The molecule has 0 fully saturated rings. The molecule has 0 aliphatic heterocycles. The molecule has 2 aromatic carbocycles. The predicted octanol–water partition coefficient (Wildman–Crippen LogP) is 5.13. The summed E-state index contributed by atoms with van der Waals surface area (Å²) in [5.41, 5.74) is 3.64. The van der Waals surface area contributed by atoms with Gasteiger partial charge in [0.1, 0.15) is 0 Å². The normalized spacial score (nSPS) is 10.3. The average Bonchev–Trinajstić information content (AvgIpc) is 2.25. The summed E-state index contributed by atoms with van der Waals surface area (Å²) in [5.74, 6) is 0. The molecule has 0 spiro atoms. The van der Waals surface area contributed by atoms with Gasteiger partial charge in [0.2, 0.25) is 0 Å². The molecule has 0 amide bonds. The molecular weight excluding hydrogens is 342 g/mol. The van der Waals surface area contributed by atoms with E-state index in [4.69, 9.17) is 0 Å². The summed E-state index contributed by atoms with van der Waals surface area (Å²) in [6.07, 6.45) is 0. The smallest absolute Gasteiger partial charge is 0.0401 e. The summed E-state index contributed by atoms with van der Waals surface area (Å²) < 4.78 is 2.22. The van der Waals surface area contributed by atoms with E-state index < -0.39 is 0 Å². The third kappa shape index (κ3) is 3.86. The van der Waals surface area contributed by atoms with Gasteiger partial charge in [0, 0.05) is 21.2 Å². The molecule has 0 aliphatic rings. The van der Waals surface area contributed by atoms with Crippen molar-refractivity contribution in [2.24, 2.45) is 0 Å². The zero-order valence-electron chi connectivity index (χ0n) is 9.50. The van der Waals surface area contributed by atoms with E-state index in [1.54, 1.807) is 0 Å². The third-order valence-electron chi connectivity index (χ3n) is 2.43. The minimum absolute atomic E-state index is 0.829. The Morgan fingerprint density at radius 3 is 2.53 bits per heavy atom. The fraction of sp³-hybridized carbons (Fsp3) is 0.143. The number of benzene rings is 2. The highest BCUT2D eigenvalue weighted by atomic mass is 79.9. The maximum Gasteiger partial charge on any atom is 0.0401 e. The van der Waals surface area contributed by atoms with E-state index in [9.17, 15) is 0 Å². The van der Waals surface area contributed by atoms with Gasteiger partial charge in [-0.2, -0.15) is 0 Å². The van der Waals surface area contributed by atoms with Crippen LogP contribution in [0.2, 0.25) is 0 Å². The van der Waals surface area contributed by atoms with Gasteiger partial charge in [0.05, 0.1) is 0 Å². The molecule has 0 bridgehead atoms. The summed E-state index contributed by atoms with van der Waals surface area (Å²) in [6, 6.07) is 14.7. The van der Waals surface area contributed by atoms with Gasteiger partial charge in [-0.05, 0) is 48.4 Å². The number of rotatable bonds is 3. The average molecular weight is 355 g/mol. The SMILES string of the molecule is Cc1cc(Br)cc(NCc2cccc(Br)c2)c1. The zero-order chi connectivity index (χ0) is 12.3. The van der Waals surface area contributed by atoms with E-state index in [1.807, 2.05) is 12.1 Å². The van der Waals surface area contributed by atoms with Crippen molar-refractivity contribution in [3.05, 3.63) is 62.5 Å². The zero-order valence-corrected chi connectivity index (χ0v) is 12.7. The molecule has 2 aromatic rings. The summed E-state index contributed by atoms with van der Waals surface area (Å²) in [4.78, 5) is 0. The highest BCUT2D eigenvalue weighted by Gasteiger charge is 1.97. The van der Waals surface area contributed by atoms with Crippen LogP contribution in [0.4, 0.5) is 5.69 Å². The van der Waals surface area contributed by atoms with Gasteiger partial charge in [0.15, 0.2) is 0 Å². The van der Waals surface area contributed by atoms with E-state index >= 15 is 0 Å². The molecule has 88 valence electrons. The first-order valence-corrected chi connectivity index (χ1v) is 6.97. The monoisotopic (exact) mass is 353 g/mol. The predicted molar refractivity (Wildman–Crippen MR) is 80.3 cm³/mol. The van der Waals surface area contributed by atoms with Crippen LogP contribution in [0.25, 0.3) is 0 Å². The molecule has 2 rings (SSSR count). The lowest BCUT2D eigenvalue weighted by Gasteiger charge is -2.08. The summed E-state index contributed by atoms with van der Waals surface area (Å²) in [7, 11) is 0. The second kappa shape index (κ2) is 5.69.